The second-order valence-electron chi connectivity index (χ2n) is 4.81. The summed E-state index contributed by atoms with van der Waals surface area (Å²) in [5.74, 6) is 1.00. The second-order valence-corrected chi connectivity index (χ2v) is 4.81. The molecule has 15 heavy (non-hydrogen) atoms. The van der Waals surface area contributed by atoms with Gasteiger partial charge >= 0.3 is 0 Å². The quantitative estimate of drug-likeness (QED) is 0.715. The first-order valence-electron chi connectivity index (χ1n) is 4.84. The fourth-order valence-electron chi connectivity index (χ4n) is 1.34. The number of nitrogens with two attached hydrogens (primary N) is 1. The number of anilines is 1. The van der Waals surface area contributed by atoms with Gasteiger partial charge in [-0.05, 0) is 12.3 Å². The Labute approximate surface area is 90.4 Å². The average molecular weight is 204 g/mol. The maximum Gasteiger partial charge on any atom is 0.248 e. The summed E-state index contributed by atoms with van der Waals surface area (Å²) in [4.78, 5) is 11.7. The predicted octanol–water partition coefficient (Wildman–Crippen LogP) is 2.51. The van der Waals surface area contributed by atoms with Gasteiger partial charge in [-0.3, -0.25) is 0 Å². The van der Waals surface area contributed by atoms with E-state index >= 15 is 0 Å². The zero-order valence-corrected chi connectivity index (χ0v) is 9.63. The summed E-state index contributed by atoms with van der Waals surface area (Å²) in [5, 5.41) is 0. The van der Waals surface area contributed by atoms with Crippen molar-refractivity contribution < 1.29 is 0 Å². The van der Waals surface area contributed by atoms with Gasteiger partial charge in [-0.2, -0.15) is 0 Å². The van der Waals surface area contributed by atoms with Crippen LogP contribution in [0, 0.1) is 18.9 Å². The molecule has 4 heteroatoms. The summed E-state index contributed by atoms with van der Waals surface area (Å²) < 4.78 is 0. The van der Waals surface area contributed by atoms with Crippen LogP contribution < -0.4 is 5.73 Å². The van der Waals surface area contributed by atoms with Gasteiger partial charge in [0.1, 0.15) is 11.6 Å². The highest BCUT2D eigenvalue weighted by molar-refractivity contribution is 5.65. The first-order valence-corrected chi connectivity index (χ1v) is 4.84. The largest absolute Gasteiger partial charge is 0.392 e. The number of aromatic nitrogens is 2. The summed E-state index contributed by atoms with van der Waals surface area (Å²) in [5.41, 5.74) is 6.84. The van der Waals surface area contributed by atoms with Gasteiger partial charge in [0.2, 0.25) is 5.69 Å². The van der Waals surface area contributed by atoms with E-state index in [4.69, 9.17) is 12.3 Å². The summed E-state index contributed by atoms with van der Waals surface area (Å²) in [6.07, 6.45) is 0.760. The molecule has 0 fully saturated rings. The number of hydrogen-bond donors (Lipinski definition) is 1. The average Bonchev–Trinajstić information content (AvgIpc) is 1.99. The molecule has 80 valence electrons. The first-order chi connectivity index (χ1) is 6.83. The molecule has 0 spiro atoms. The molecule has 0 aliphatic heterocycles. The molecular weight excluding hydrogens is 188 g/mol. The Hall–Kier alpha value is -1.63. The topological polar surface area (TPSA) is 56.2 Å². The van der Waals surface area contributed by atoms with E-state index in [9.17, 15) is 0 Å². The van der Waals surface area contributed by atoms with Crippen LogP contribution in [0.2, 0.25) is 0 Å². The summed E-state index contributed by atoms with van der Waals surface area (Å²) in [6.45, 7) is 15.1. The Balaban J connectivity index is 3.11. The van der Waals surface area contributed by atoms with Crippen LogP contribution in [-0.4, -0.2) is 9.97 Å². The Morgan fingerprint density at radius 2 is 1.93 bits per heavy atom. The normalized spacial score (nSPS) is 11.1. The molecule has 1 rings (SSSR count). The third-order valence-corrected chi connectivity index (χ3v) is 1.93. The van der Waals surface area contributed by atoms with Crippen LogP contribution in [0.15, 0.2) is 0 Å². The Morgan fingerprint density at radius 3 is 2.33 bits per heavy atom. The van der Waals surface area contributed by atoms with Crippen molar-refractivity contribution >= 4 is 11.5 Å². The fraction of sp³-hybridized carbons (Fsp3) is 0.545. The molecule has 0 bridgehead atoms. The monoisotopic (exact) mass is 204 g/mol. The van der Waals surface area contributed by atoms with Crippen LogP contribution >= 0.6 is 0 Å². The minimum atomic E-state index is 0.124. The third-order valence-electron chi connectivity index (χ3n) is 1.93. The SMILES string of the molecule is [C-]#[N+]c1c(C)nc(CC(C)(C)C)nc1N. The van der Waals surface area contributed by atoms with Gasteiger partial charge in [-0.15, -0.1) is 0 Å². The summed E-state index contributed by atoms with van der Waals surface area (Å²) >= 11 is 0. The summed E-state index contributed by atoms with van der Waals surface area (Å²) in [6, 6.07) is 0. The minimum Gasteiger partial charge on any atom is -0.392 e. The van der Waals surface area contributed by atoms with E-state index in [0.717, 1.165) is 6.42 Å². The Kier molecular flexibility index (Phi) is 2.94. The van der Waals surface area contributed by atoms with E-state index in [1.807, 2.05) is 0 Å². The molecule has 1 heterocycles. The Bertz CT molecular complexity index is 387. The van der Waals surface area contributed by atoms with Crippen molar-refractivity contribution in [3.8, 4) is 0 Å². The zero-order valence-electron chi connectivity index (χ0n) is 9.63. The van der Waals surface area contributed by atoms with E-state index in [0.29, 0.717) is 17.2 Å². The number of aryl methyl sites for hydroxylation is 1. The highest BCUT2D eigenvalue weighted by Gasteiger charge is 2.16. The van der Waals surface area contributed by atoms with E-state index in [1.54, 1.807) is 6.92 Å². The van der Waals surface area contributed by atoms with Gasteiger partial charge in [0.05, 0.1) is 12.3 Å². The number of rotatable bonds is 1. The van der Waals surface area contributed by atoms with Crippen LogP contribution in [-0.2, 0) is 6.42 Å². The predicted molar refractivity (Wildman–Crippen MR) is 60.6 cm³/mol. The van der Waals surface area contributed by atoms with E-state index < -0.39 is 0 Å². The van der Waals surface area contributed by atoms with Gasteiger partial charge in [-0.25, -0.2) is 14.8 Å². The lowest BCUT2D eigenvalue weighted by molar-refractivity contribution is 0.400. The lowest BCUT2D eigenvalue weighted by atomic mass is 9.92. The van der Waals surface area contributed by atoms with Crippen molar-refractivity contribution in [3.63, 3.8) is 0 Å². The number of nitrogens with zero attached hydrogens (tertiary/aromatic N) is 3. The standard InChI is InChI=1S/C11H16N4/c1-7-9(13-5)10(12)15-8(14-7)6-11(2,3)4/h6H2,1-4H3,(H2,12,14,15). The van der Waals surface area contributed by atoms with E-state index in [-0.39, 0.29) is 11.2 Å². The second kappa shape index (κ2) is 3.85. The van der Waals surface area contributed by atoms with Crippen molar-refractivity contribution in [1.82, 2.24) is 9.97 Å². The smallest absolute Gasteiger partial charge is 0.248 e. The number of nitrogen functional groups attached to an aromatic ring is 1. The lowest BCUT2D eigenvalue weighted by Crippen LogP contribution is -2.13. The molecule has 0 atom stereocenters. The zero-order chi connectivity index (χ0) is 11.6. The van der Waals surface area contributed by atoms with Gasteiger partial charge in [-0.1, -0.05) is 20.8 Å². The molecule has 0 amide bonds. The van der Waals surface area contributed by atoms with Crippen molar-refractivity contribution in [2.75, 3.05) is 5.73 Å². The van der Waals surface area contributed by atoms with E-state index in [2.05, 4.69) is 35.6 Å². The molecule has 0 unspecified atom stereocenters. The van der Waals surface area contributed by atoms with Crippen LogP contribution in [0.1, 0.15) is 32.3 Å². The van der Waals surface area contributed by atoms with Crippen molar-refractivity contribution in [2.45, 2.75) is 34.1 Å². The van der Waals surface area contributed by atoms with Gasteiger partial charge in [0, 0.05) is 6.42 Å². The van der Waals surface area contributed by atoms with Gasteiger partial charge < -0.3 is 5.73 Å². The first kappa shape index (κ1) is 11.4. The maximum absolute atomic E-state index is 6.94. The molecule has 0 aliphatic rings. The molecule has 1 aromatic heterocycles. The van der Waals surface area contributed by atoms with Crippen LogP contribution in [0.3, 0.4) is 0 Å². The van der Waals surface area contributed by atoms with E-state index in [1.165, 1.54) is 0 Å². The van der Waals surface area contributed by atoms with Crippen LogP contribution in [0.4, 0.5) is 11.5 Å². The third kappa shape index (κ3) is 2.91. The molecule has 4 nitrogen and oxygen atoms in total. The Morgan fingerprint density at radius 1 is 1.33 bits per heavy atom. The van der Waals surface area contributed by atoms with Crippen molar-refractivity contribution in [2.24, 2.45) is 5.41 Å². The van der Waals surface area contributed by atoms with Gasteiger partial charge in [0.25, 0.3) is 0 Å². The molecule has 0 aromatic carbocycles. The molecule has 1 aromatic rings. The molecular formula is C11H16N4. The van der Waals surface area contributed by atoms with Crippen molar-refractivity contribution in [1.29, 1.82) is 0 Å². The van der Waals surface area contributed by atoms with Crippen molar-refractivity contribution in [3.05, 3.63) is 22.9 Å². The molecule has 0 saturated heterocycles. The number of hydrogen-bond acceptors (Lipinski definition) is 3. The van der Waals surface area contributed by atoms with Crippen LogP contribution in [0.5, 0.6) is 0 Å². The molecule has 2 N–H and O–H groups in total. The summed E-state index contributed by atoms with van der Waals surface area (Å²) in [7, 11) is 0. The van der Waals surface area contributed by atoms with Gasteiger partial charge in [0.15, 0.2) is 0 Å². The molecule has 0 radical (unpaired) electrons. The minimum absolute atomic E-state index is 0.124. The molecule has 0 aliphatic carbocycles. The maximum atomic E-state index is 6.94. The highest BCUT2D eigenvalue weighted by atomic mass is 15.0. The lowest BCUT2D eigenvalue weighted by Gasteiger charge is -2.17. The molecule has 0 saturated carbocycles. The fourth-order valence-corrected chi connectivity index (χ4v) is 1.34. The van der Waals surface area contributed by atoms with Crippen LogP contribution in [0.25, 0.3) is 4.85 Å². The highest BCUT2D eigenvalue weighted by Crippen LogP contribution is 2.25.